The van der Waals surface area contributed by atoms with Gasteiger partial charge in [0, 0.05) is 19.1 Å². The summed E-state index contributed by atoms with van der Waals surface area (Å²) in [7, 11) is 1.55. The van der Waals surface area contributed by atoms with Crippen molar-refractivity contribution in [2.45, 2.75) is 25.4 Å². The van der Waals surface area contributed by atoms with Gasteiger partial charge < -0.3 is 20.1 Å². The van der Waals surface area contributed by atoms with E-state index in [2.05, 4.69) is 5.32 Å². The van der Waals surface area contributed by atoms with Gasteiger partial charge in [-0.05, 0) is 17.7 Å². The van der Waals surface area contributed by atoms with Crippen LogP contribution < -0.4 is 10.1 Å². The number of ether oxygens (including phenoxy) is 1. The molecule has 0 aliphatic carbocycles. The van der Waals surface area contributed by atoms with E-state index in [4.69, 9.17) is 4.74 Å². The maximum absolute atomic E-state index is 12.4. The van der Waals surface area contributed by atoms with Crippen LogP contribution in [0.5, 0.6) is 5.75 Å². The molecule has 2 rings (SSSR count). The van der Waals surface area contributed by atoms with Crippen molar-refractivity contribution in [3.8, 4) is 5.75 Å². The minimum Gasteiger partial charge on any atom is -0.497 e. The molecule has 0 spiro atoms. The van der Waals surface area contributed by atoms with Crippen LogP contribution in [-0.4, -0.2) is 58.6 Å². The fourth-order valence-electron chi connectivity index (χ4n) is 2.44. The van der Waals surface area contributed by atoms with Gasteiger partial charge in [0.15, 0.2) is 0 Å². The number of carboxylic acid groups (broad SMARTS) is 1. The van der Waals surface area contributed by atoms with Crippen molar-refractivity contribution in [1.29, 1.82) is 0 Å². The van der Waals surface area contributed by atoms with E-state index in [1.165, 1.54) is 23.6 Å². The smallest absolute Gasteiger partial charge is 0.326 e. The summed E-state index contributed by atoms with van der Waals surface area (Å²) in [4.78, 5) is 36.8. The van der Waals surface area contributed by atoms with Crippen molar-refractivity contribution in [2.24, 2.45) is 0 Å². The Labute approximate surface area is 144 Å². The highest BCUT2D eigenvalue weighted by Crippen LogP contribution is 2.21. The summed E-state index contributed by atoms with van der Waals surface area (Å²) in [6, 6.07) is 5.32. The number of aliphatic carboxylic acids is 1. The number of nitrogens with zero attached hydrogens (tertiary/aromatic N) is 1. The Hall–Kier alpha value is -2.22. The zero-order chi connectivity index (χ0) is 17.7. The highest BCUT2D eigenvalue weighted by Gasteiger charge is 2.34. The third-order valence-corrected chi connectivity index (χ3v) is 4.82. The summed E-state index contributed by atoms with van der Waals surface area (Å²) in [6.07, 6.45) is 0.158. The van der Waals surface area contributed by atoms with Crippen LogP contribution in [0.15, 0.2) is 24.3 Å². The van der Waals surface area contributed by atoms with Gasteiger partial charge in [-0.1, -0.05) is 12.1 Å². The molecule has 1 aliphatic rings. The number of nitrogens with one attached hydrogen (secondary N) is 1. The zero-order valence-electron chi connectivity index (χ0n) is 13.5. The standard InChI is InChI=1S/C16H20N2O5S/c1-10(19)18-9-24-8-14(18)15(20)17-13(16(21)22)7-11-3-5-12(23-2)6-4-11/h3-6,13-14H,7-9H2,1-2H3,(H,17,20)(H,21,22)/t13-,14-/m0/s1. The molecule has 130 valence electrons. The first-order valence-electron chi connectivity index (χ1n) is 7.43. The summed E-state index contributed by atoms with van der Waals surface area (Å²) in [5.74, 6) is -0.142. The van der Waals surface area contributed by atoms with E-state index in [9.17, 15) is 19.5 Å². The molecular weight excluding hydrogens is 332 g/mol. The second kappa shape index (κ2) is 8.05. The van der Waals surface area contributed by atoms with Gasteiger partial charge in [0.05, 0.1) is 13.0 Å². The van der Waals surface area contributed by atoms with Crippen molar-refractivity contribution < 1.29 is 24.2 Å². The number of amides is 2. The topological polar surface area (TPSA) is 95.9 Å². The third kappa shape index (κ3) is 4.41. The van der Waals surface area contributed by atoms with Gasteiger partial charge in [-0.3, -0.25) is 9.59 Å². The SMILES string of the molecule is COc1ccc(C[C@H](NC(=O)[C@@H]2CSCN2C(C)=O)C(=O)O)cc1. The number of thioether (sulfide) groups is 1. The molecule has 2 N–H and O–H groups in total. The Morgan fingerprint density at radius 2 is 2.04 bits per heavy atom. The number of hydrogen-bond acceptors (Lipinski definition) is 5. The quantitative estimate of drug-likeness (QED) is 0.784. The maximum atomic E-state index is 12.4. The Bertz CT molecular complexity index is 619. The molecule has 2 atom stereocenters. The molecule has 0 unspecified atom stereocenters. The van der Waals surface area contributed by atoms with Crippen molar-refractivity contribution in [3.63, 3.8) is 0 Å². The van der Waals surface area contributed by atoms with Gasteiger partial charge in [-0.15, -0.1) is 11.8 Å². The number of benzene rings is 1. The lowest BCUT2D eigenvalue weighted by molar-refractivity contribution is -0.143. The van der Waals surface area contributed by atoms with Crippen molar-refractivity contribution in [1.82, 2.24) is 10.2 Å². The normalized spacial score (nSPS) is 18.1. The Morgan fingerprint density at radius 1 is 1.38 bits per heavy atom. The lowest BCUT2D eigenvalue weighted by Crippen LogP contribution is -2.52. The van der Waals surface area contributed by atoms with Crippen LogP contribution in [0.25, 0.3) is 0 Å². The third-order valence-electron chi connectivity index (χ3n) is 3.80. The van der Waals surface area contributed by atoms with Crippen molar-refractivity contribution >= 4 is 29.5 Å². The number of rotatable bonds is 6. The molecular formula is C16H20N2O5S. The van der Waals surface area contributed by atoms with E-state index in [1.54, 1.807) is 31.4 Å². The summed E-state index contributed by atoms with van der Waals surface area (Å²) in [5.41, 5.74) is 0.771. The van der Waals surface area contributed by atoms with Gasteiger partial charge in [0.25, 0.3) is 0 Å². The van der Waals surface area contributed by atoms with Crippen molar-refractivity contribution in [2.75, 3.05) is 18.7 Å². The average molecular weight is 352 g/mol. The Kier molecular flexibility index (Phi) is 6.08. The minimum absolute atomic E-state index is 0.158. The summed E-state index contributed by atoms with van der Waals surface area (Å²) >= 11 is 1.47. The average Bonchev–Trinajstić information content (AvgIpc) is 3.04. The van der Waals surface area contributed by atoms with Crippen LogP contribution in [0.3, 0.4) is 0 Å². The molecule has 1 fully saturated rings. The molecule has 0 saturated carbocycles. The highest BCUT2D eigenvalue weighted by atomic mass is 32.2. The van der Waals surface area contributed by atoms with Crippen LogP contribution in [0.1, 0.15) is 12.5 Å². The van der Waals surface area contributed by atoms with E-state index < -0.39 is 24.0 Å². The van der Waals surface area contributed by atoms with E-state index in [0.29, 0.717) is 17.4 Å². The molecule has 1 aromatic carbocycles. The van der Waals surface area contributed by atoms with E-state index in [1.807, 2.05) is 0 Å². The molecule has 0 radical (unpaired) electrons. The molecule has 8 heteroatoms. The molecule has 2 amide bonds. The first kappa shape index (κ1) is 18.1. The number of hydrogen-bond donors (Lipinski definition) is 2. The molecule has 0 aromatic heterocycles. The highest BCUT2D eigenvalue weighted by molar-refractivity contribution is 7.99. The van der Waals surface area contributed by atoms with E-state index >= 15 is 0 Å². The fraction of sp³-hybridized carbons (Fsp3) is 0.438. The summed E-state index contributed by atoms with van der Waals surface area (Å²) < 4.78 is 5.06. The van der Waals surface area contributed by atoms with Gasteiger partial charge in [0.2, 0.25) is 11.8 Å². The zero-order valence-corrected chi connectivity index (χ0v) is 14.3. The molecule has 1 aliphatic heterocycles. The molecule has 1 heterocycles. The van der Waals surface area contributed by atoms with Crippen LogP contribution in [0.2, 0.25) is 0 Å². The Morgan fingerprint density at radius 3 is 2.58 bits per heavy atom. The molecule has 7 nitrogen and oxygen atoms in total. The first-order valence-corrected chi connectivity index (χ1v) is 8.59. The minimum atomic E-state index is -1.11. The molecule has 1 aromatic rings. The maximum Gasteiger partial charge on any atom is 0.326 e. The van der Waals surface area contributed by atoms with Gasteiger partial charge >= 0.3 is 5.97 Å². The van der Waals surface area contributed by atoms with Crippen LogP contribution >= 0.6 is 11.8 Å². The summed E-state index contributed by atoms with van der Waals surface area (Å²) in [5, 5.41) is 11.9. The number of carbonyl (C=O) groups is 3. The lowest BCUT2D eigenvalue weighted by Gasteiger charge is -2.23. The van der Waals surface area contributed by atoms with Gasteiger partial charge in [0.1, 0.15) is 17.8 Å². The van der Waals surface area contributed by atoms with Crippen LogP contribution in [0, 0.1) is 0 Å². The lowest BCUT2D eigenvalue weighted by atomic mass is 10.1. The van der Waals surface area contributed by atoms with Crippen molar-refractivity contribution in [3.05, 3.63) is 29.8 Å². The Balaban J connectivity index is 2.03. The first-order chi connectivity index (χ1) is 11.4. The largest absolute Gasteiger partial charge is 0.497 e. The number of methoxy groups -OCH3 is 1. The second-order valence-corrected chi connectivity index (χ2v) is 6.46. The van der Waals surface area contributed by atoms with Crippen LogP contribution in [0.4, 0.5) is 0 Å². The van der Waals surface area contributed by atoms with Crippen LogP contribution in [-0.2, 0) is 20.8 Å². The number of carbonyl (C=O) groups excluding carboxylic acids is 2. The van der Waals surface area contributed by atoms with E-state index in [-0.39, 0.29) is 12.3 Å². The second-order valence-electron chi connectivity index (χ2n) is 5.46. The molecule has 0 bridgehead atoms. The van der Waals surface area contributed by atoms with Gasteiger partial charge in [-0.25, -0.2) is 4.79 Å². The predicted molar refractivity (Wildman–Crippen MR) is 89.9 cm³/mol. The summed E-state index contributed by atoms with van der Waals surface area (Å²) in [6.45, 7) is 1.40. The predicted octanol–water partition coefficient (Wildman–Crippen LogP) is 0.729. The fourth-order valence-corrected chi connectivity index (χ4v) is 3.65. The van der Waals surface area contributed by atoms with Gasteiger partial charge in [-0.2, -0.15) is 0 Å². The monoisotopic (exact) mass is 352 g/mol. The molecule has 1 saturated heterocycles. The molecule has 24 heavy (non-hydrogen) atoms. The number of carboxylic acids is 1. The van der Waals surface area contributed by atoms with E-state index in [0.717, 1.165) is 5.56 Å².